The van der Waals surface area contributed by atoms with Gasteiger partial charge in [-0.1, -0.05) is 24.8 Å². The Balaban J connectivity index is 1.77. The summed E-state index contributed by atoms with van der Waals surface area (Å²) in [6.07, 6.45) is 0.829. The molecule has 33 heavy (non-hydrogen) atoms. The highest BCUT2D eigenvalue weighted by molar-refractivity contribution is 6.01. The number of rotatable bonds is 5. The Morgan fingerprint density at radius 1 is 1.00 bits per heavy atom. The van der Waals surface area contributed by atoms with Crippen molar-refractivity contribution in [2.24, 2.45) is 5.92 Å². The molecule has 4 rings (SSSR count). The Morgan fingerprint density at radius 2 is 1.67 bits per heavy atom. The van der Waals surface area contributed by atoms with Gasteiger partial charge in [0.05, 0.1) is 21.3 Å². The van der Waals surface area contributed by atoms with Gasteiger partial charge in [0.1, 0.15) is 11.7 Å². The van der Waals surface area contributed by atoms with Crippen LogP contribution in [0, 0.1) is 11.7 Å². The highest BCUT2D eigenvalue weighted by Gasteiger charge is 2.45. The molecule has 0 fully saturated rings. The van der Waals surface area contributed by atoms with Gasteiger partial charge >= 0.3 is 5.97 Å². The van der Waals surface area contributed by atoms with Crippen LogP contribution in [0.2, 0.25) is 0 Å². The zero-order valence-corrected chi connectivity index (χ0v) is 18.8. The van der Waals surface area contributed by atoms with Crippen molar-refractivity contribution in [2.45, 2.75) is 24.7 Å². The van der Waals surface area contributed by atoms with Crippen molar-refractivity contribution in [3.05, 3.63) is 83.0 Å². The van der Waals surface area contributed by atoms with Crippen LogP contribution in [0.15, 0.2) is 66.0 Å². The number of halogens is 1. The molecule has 7 heteroatoms. The molecule has 0 bridgehead atoms. The van der Waals surface area contributed by atoms with Gasteiger partial charge in [-0.05, 0) is 47.7 Å². The number of Topliss-reactive ketones (excluding diaryl/α,β-unsaturated/α-hetero) is 1. The Hall–Kier alpha value is -3.61. The van der Waals surface area contributed by atoms with E-state index in [1.54, 1.807) is 26.4 Å². The third-order valence-electron chi connectivity index (χ3n) is 6.40. The summed E-state index contributed by atoms with van der Waals surface area (Å²) in [5.41, 5.74) is 3.33. The summed E-state index contributed by atoms with van der Waals surface area (Å²) >= 11 is 0. The number of hydrogen-bond donors (Lipinski definition) is 1. The summed E-state index contributed by atoms with van der Waals surface area (Å²) < 4.78 is 29.4. The molecule has 2 aromatic carbocycles. The third-order valence-corrected chi connectivity index (χ3v) is 6.40. The molecule has 0 amide bonds. The number of carbonyl (C=O) groups excluding carboxylic acids is 2. The Labute approximate surface area is 192 Å². The molecule has 1 aliphatic carbocycles. The monoisotopic (exact) mass is 451 g/mol. The quantitative estimate of drug-likeness (QED) is 0.686. The first-order valence-electron chi connectivity index (χ1n) is 10.6. The number of methoxy groups -OCH3 is 3. The lowest BCUT2D eigenvalue weighted by atomic mass is 9.69. The maximum Gasteiger partial charge on any atom is 0.315 e. The van der Waals surface area contributed by atoms with Gasteiger partial charge in [-0.3, -0.25) is 9.59 Å². The largest absolute Gasteiger partial charge is 0.493 e. The summed E-state index contributed by atoms with van der Waals surface area (Å²) in [5, 5.41) is 3.21. The summed E-state index contributed by atoms with van der Waals surface area (Å²) in [7, 11) is 4.45. The topological polar surface area (TPSA) is 73.9 Å². The first kappa shape index (κ1) is 22.6. The first-order chi connectivity index (χ1) is 15.9. The van der Waals surface area contributed by atoms with E-state index in [2.05, 4.69) is 11.9 Å². The average Bonchev–Trinajstić information content (AvgIpc) is 2.82. The maximum absolute atomic E-state index is 13.6. The SMILES string of the molecule is C=C1NC2=C(C(=O)CC(c3ccc(OC)c(OC)c3)C2)C(c2ccc(F)cc2)C1C(=O)OC. The van der Waals surface area contributed by atoms with E-state index in [0.717, 1.165) is 11.3 Å². The summed E-state index contributed by atoms with van der Waals surface area (Å²) in [6.45, 7) is 4.05. The van der Waals surface area contributed by atoms with Crippen LogP contribution in [0.25, 0.3) is 0 Å². The molecule has 3 unspecified atom stereocenters. The van der Waals surface area contributed by atoms with Crippen LogP contribution in [0.4, 0.5) is 4.39 Å². The van der Waals surface area contributed by atoms with Crippen LogP contribution < -0.4 is 14.8 Å². The first-order valence-corrected chi connectivity index (χ1v) is 10.6. The zero-order valence-electron chi connectivity index (χ0n) is 18.8. The molecule has 0 saturated heterocycles. The summed E-state index contributed by atoms with van der Waals surface area (Å²) in [5.74, 6) is -1.22. The molecule has 2 aromatic rings. The van der Waals surface area contributed by atoms with Crippen molar-refractivity contribution in [1.29, 1.82) is 0 Å². The van der Waals surface area contributed by atoms with Gasteiger partial charge in [-0.2, -0.15) is 0 Å². The van der Waals surface area contributed by atoms with Crippen LogP contribution >= 0.6 is 0 Å². The van der Waals surface area contributed by atoms with Crippen molar-refractivity contribution < 1.29 is 28.2 Å². The average molecular weight is 451 g/mol. The van der Waals surface area contributed by atoms with Crippen LogP contribution in [0.1, 0.15) is 35.8 Å². The second-order valence-electron chi connectivity index (χ2n) is 8.22. The summed E-state index contributed by atoms with van der Waals surface area (Å²) in [4.78, 5) is 26.2. The Bertz CT molecular complexity index is 1140. The fraction of sp³-hybridized carbons (Fsp3) is 0.308. The fourth-order valence-corrected chi connectivity index (χ4v) is 4.83. The second kappa shape index (κ2) is 9.10. The minimum absolute atomic E-state index is 0.0701. The van der Waals surface area contributed by atoms with E-state index in [-0.39, 0.29) is 23.9 Å². The highest BCUT2D eigenvalue weighted by Crippen LogP contribution is 2.47. The van der Waals surface area contributed by atoms with Gasteiger partial charge in [0.25, 0.3) is 0 Å². The van der Waals surface area contributed by atoms with Crippen molar-refractivity contribution in [3.8, 4) is 11.5 Å². The van der Waals surface area contributed by atoms with E-state index in [1.807, 2.05) is 18.2 Å². The smallest absolute Gasteiger partial charge is 0.315 e. The Morgan fingerprint density at radius 3 is 2.30 bits per heavy atom. The van der Waals surface area contributed by atoms with Gasteiger partial charge < -0.3 is 19.5 Å². The van der Waals surface area contributed by atoms with Crippen LogP contribution in [-0.2, 0) is 14.3 Å². The normalized spacial score (nSPS) is 22.4. The lowest BCUT2D eigenvalue weighted by molar-refractivity contribution is -0.144. The molecule has 0 radical (unpaired) electrons. The van der Waals surface area contributed by atoms with Crippen LogP contribution in [0.3, 0.4) is 0 Å². The fourth-order valence-electron chi connectivity index (χ4n) is 4.83. The molecule has 0 saturated carbocycles. The standard InChI is InChI=1S/C26H26FNO5/c1-14-23(26(30)33-4)24(15-5-8-18(27)9-6-15)25-19(28-14)11-17(12-20(25)29)16-7-10-21(31-2)22(13-16)32-3/h5-10,13,17,23-24,28H,1,11-12H2,2-4H3. The molecule has 1 heterocycles. The van der Waals surface area contributed by atoms with E-state index in [9.17, 15) is 14.0 Å². The number of esters is 1. The lowest BCUT2D eigenvalue weighted by Crippen LogP contribution is -2.42. The number of benzene rings is 2. The predicted molar refractivity (Wildman–Crippen MR) is 120 cm³/mol. The molecule has 1 N–H and O–H groups in total. The van der Waals surface area contributed by atoms with E-state index in [1.165, 1.54) is 19.2 Å². The maximum atomic E-state index is 13.6. The molecule has 6 nitrogen and oxygen atoms in total. The Kier molecular flexibility index (Phi) is 6.22. The van der Waals surface area contributed by atoms with Crippen LogP contribution in [-0.4, -0.2) is 33.1 Å². The molecule has 0 spiro atoms. The number of ketones is 1. The predicted octanol–water partition coefficient (Wildman–Crippen LogP) is 4.23. The lowest BCUT2D eigenvalue weighted by Gasteiger charge is -2.40. The van der Waals surface area contributed by atoms with E-state index >= 15 is 0 Å². The molecule has 3 atom stereocenters. The van der Waals surface area contributed by atoms with Crippen LogP contribution in [0.5, 0.6) is 11.5 Å². The van der Waals surface area contributed by atoms with E-state index in [4.69, 9.17) is 14.2 Å². The van der Waals surface area contributed by atoms with Crippen molar-refractivity contribution in [2.75, 3.05) is 21.3 Å². The van der Waals surface area contributed by atoms with Crippen molar-refractivity contribution >= 4 is 11.8 Å². The van der Waals surface area contributed by atoms with E-state index in [0.29, 0.717) is 34.8 Å². The van der Waals surface area contributed by atoms with Gasteiger partial charge in [0.15, 0.2) is 17.3 Å². The van der Waals surface area contributed by atoms with Crippen molar-refractivity contribution in [1.82, 2.24) is 5.32 Å². The third kappa shape index (κ3) is 4.11. The molecule has 172 valence electrons. The molecular formula is C26H26FNO5. The summed E-state index contributed by atoms with van der Waals surface area (Å²) in [6, 6.07) is 11.5. The number of ether oxygens (including phenoxy) is 3. The molecular weight excluding hydrogens is 425 g/mol. The van der Waals surface area contributed by atoms with Gasteiger partial charge in [-0.25, -0.2) is 4.39 Å². The van der Waals surface area contributed by atoms with Crippen molar-refractivity contribution in [3.63, 3.8) is 0 Å². The molecule has 2 aliphatic rings. The highest BCUT2D eigenvalue weighted by atomic mass is 19.1. The van der Waals surface area contributed by atoms with Gasteiger partial charge in [0, 0.05) is 29.3 Å². The molecule has 0 aromatic heterocycles. The minimum atomic E-state index is -0.791. The number of carbonyl (C=O) groups is 2. The number of allylic oxidation sites excluding steroid dienone is 2. The number of hydrogen-bond acceptors (Lipinski definition) is 6. The second-order valence-corrected chi connectivity index (χ2v) is 8.22. The molecule has 1 aliphatic heterocycles. The zero-order chi connectivity index (χ0) is 23.7. The minimum Gasteiger partial charge on any atom is -0.493 e. The number of nitrogens with one attached hydrogen (secondary N) is 1. The van der Waals surface area contributed by atoms with Gasteiger partial charge in [0.2, 0.25) is 0 Å². The van der Waals surface area contributed by atoms with Gasteiger partial charge in [-0.15, -0.1) is 0 Å². The van der Waals surface area contributed by atoms with E-state index < -0.39 is 17.8 Å².